The highest BCUT2D eigenvalue weighted by molar-refractivity contribution is 6.31. The monoisotopic (exact) mass is 283 g/mol. The lowest BCUT2D eigenvalue weighted by Gasteiger charge is -2.20. The molecule has 1 N–H and O–H groups in total. The van der Waals surface area contributed by atoms with Crippen LogP contribution in [0.3, 0.4) is 0 Å². The number of ether oxygens (including phenoxy) is 1. The Hall–Kier alpha value is -0.730. The normalized spacial score (nSPS) is 12.7. The molecule has 0 saturated carbocycles. The van der Waals surface area contributed by atoms with Gasteiger partial charge in [0.15, 0.2) is 0 Å². The molecule has 0 heterocycles. The van der Waals surface area contributed by atoms with Gasteiger partial charge in [0.1, 0.15) is 11.9 Å². The molecule has 1 unspecified atom stereocenters. The fourth-order valence-corrected chi connectivity index (χ4v) is 2.33. The molecule has 0 aliphatic heterocycles. The quantitative estimate of drug-likeness (QED) is 0.761. The van der Waals surface area contributed by atoms with E-state index in [1.54, 1.807) is 0 Å². The average molecular weight is 284 g/mol. The summed E-state index contributed by atoms with van der Waals surface area (Å²) in [5.74, 6) is 0.903. The van der Waals surface area contributed by atoms with Crippen LogP contribution in [0.15, 0.2) is 18.2 Å². The topological polar surface area (TPSA) is 21.3 Å². The van der Waals surface area contributed by atoms with Crippen LogP contribution in [0, 0.1) is 0 Å². The molecule has 1 aromatic rings. The molecule has 108 valence electrons. The molecule has 0 aromatic heterocycles. The van der Waals surface area contributed by atoms with Gasteiger partial charge >= 0.3 is 0 Å². The lowest BCUT2D eigenvalue weighted by atomic mass is 10.1. The van der Waals surface area contributed by atoms with E-state index in [1.165, 1.54) is 0 Å². The number of hydrogen-bond donors (Lipinski definition) is 1. The maximum absolute atomic E-state index is 6.11. The number of rotatable bonds is 8. The second kappa shape index (κ2) is 8.44. The highest BCUT2D eigenvalue weighted by Gasteiger charge is 2.08. The Morgan fingerprint density at radius 1 is 1.21 bits per heavy atom. The van der Waals surface area contributed by atoms with Crippen LogP contribution in [0.1, 0.15) is 46.1 Å². The van der Waals surface area contributed by atoms with E-state index in [2.05, 4.69) is 33.0 Å². The summed E-state index contributed by atoms with van der Waals surface area (Å²) in [6, 6.07) is 6.48. The van der Waals surface area contributed by atoms with E-state index in [0.717, 1.165) is 42.1 Å². The molecule has 0 aliphatic carbocycles. The van der Waals surface area contributed by atoms with Crippen molar-refractivity contribution in [1.29, 1.82) is 0 Å². The van der Waals surface area contributed by atoms with Gasteiger partial charge in [0.05, 0.1) is 0 Å². The van der Waals surface area contributed by atoms with Crippen molar-refractivity contribution < 1.29 is 4.74 Å². The summed E-state index contributed by atoms with van der Waals surface area (Å²) in [5.41, 5.74) is 1.14. The third kappa shape index (κ3) is 5.42. The van der Waals surface area contributed by atoms with Crippen LogP contribution in [0.4, 0.5) is 0 Å². The molecular weight excluding hydrogens is 258 g/mol. The number of aryl methyl sites for hydroxylation is 1. The van der Waals surface area contributed by atoms with Gasteiger partial charge in [-0.05, 0) is 49.9 Å². The van der Waals surface area contributed by atoms with Crippen LogP contribution in [0.5, 0.6) is 5.75 Å². The molecule has 1 aromatic carbocycles. The molecular formula is C16H26ClNO. The maximum atomic E-state index is 6.11. The van der Waals surface area contributed by atoms with E-state index in [-0.39, 0.29) is 6.10 Å². The van der Waals surface area contributed by atoms with E-state index in [0.29, 0.717) is 6.04 Å². The van der Waals surface area contributed by atoms with Crippen molar-refractivity contribution in [1.82, 2.24) is 5.32 Å². The summed E-state index contributed by atoms with van der Waals surface area (Å²) in [4.78, 5) is 0. The van der Waals surface area contributed by atoms with Crippen molar-refractivity contribution in [2.45, 2.75) is 59.1 Å². The van der Waals surface area contributed by atoms with E-state index in [9.17, 15) is 0 Å². The lowest BCUT2D eigenvalue weighted by molar-refractivity contribution is 0.210. The fourth-order valence-electron chi connectivity index (χ4n) is 2.08. The Labute approximate surface area is 122 Å². The largest absolute Gasteiger partial charge is 0.489 e. The molecule has 1 atom stereocenters. The molecule has 0 saturated heterocycles. The Kier molecular flexibility index (Phi) is 7.25. The summed E-state index contributed by atoms with van der Waals surface area (Å²) in [5, 5.41) is 4.35. The molecule has 0 radical (unpaired) electrons. The summed E-state index contributed by atoms with van der Waals surface area (Å²) < 4.78 is 5.93. The van der Waals surface area contributed by atoms with Crippen molar-refractivity contribution in [2.24, 2.45) is 0 Å². The minimum Gasteiger partial charge on any atom is -0.489 e. The zero-order valence-electron chi connectivity index (χ0n) is 12.5. The molecule has 0 spiro atoms. The smallest absolute Gasteiger partial charge is 0.120 e. The van der Waals surface area contributed by atoms with E-state index >= 15 is 0 Å². The van der Waals surface area contributed by atoms with Crippen LogP contribution in [0.25, 0.3) is 0 Å². The third-order valence-corrected chi connectivity index (χ3v) is 3.78. The molecule has 3 heteroatoms. The lowest BCUT2D eigenvalue weighted by Crippen LogP contribution is -2.36. The van der Waals surface area contributed by atoms with Gasteiger partial charge in [0.2, 0.25) is 0 Å². The molecule has 0 amide bonds. The predicted molar refractivity (Wildman–Crippen MR) is 83.3 cm³/mol. The zero-order valence-corrected chi connectivity index (χ0v) is 13.3. The number of nitrogens with one attached hydrogen (secondary N) is 1. The van der Waals surface area contributed by atoms with Crippen LogP contribution in [-0.2, 0) is 6.42 Å². The number of halogens is 1. The maximum Gasteiger partial charge on any atom is 0.120 e. The molecule has 0 aliphatic rings. The molecule has 1 rings (SSSR count). The summed E-state index contributed by atoms with van der Waals surface area (Å²) in [6.07, 6.45) is 3.40. The predicted octanol–water partition coefficient (Wildman–Crippen LogP) is 4.45. The van der Waals surface area contributed by atoms with Crippen molar-refractivity contribution in [2.75, 3.05) is 6.54 Å². The fraction of sp³-hybridized carbons (Fsp3) is 0.625. The van der Waals surface area contributed by atoms with Crippen LogP contribution >= 0.6 is 11.6 Å². The Balaban J connectivity index is 2.50. The standard InChI is InChI=1S/C16H26ClNO/c1-5-13-10-15(8-9-16(13)17)19-12(4)11-18-14(6-2)7-3/h8-10,12,14,18H,5-7,11H2,1-4H3. The van der Waals surface area contributed by atoms with Gasteiger partial charge < -0.3 is 10.1 Å². The molecule has 19 heavy (non-hydrogen) atoms. The van der Waals surface area contributed by atoms with E-state index in [1.807, 2.05) is 18.2 Å². The molecule has 0 fully saturated rings. The Morgan fingerprint density at radius 2 is 1.89 bits per heavy atom. The summed E-state index contributed by atoms with van der Waals surface area (Å²) in [6.45, 7) is 9.48. The highest BCUT2D eigenvalue weighted by Crippen LogP contribution is 2.23. The van der Waals surface area contributed by atoms with Gasteiger partial charge in [-0.3, -0.25) is 0 Å². The first kappa shape index (κ1) is 16.3. The van der Waals surface area contributed by atoms with E-state index < -0.39 is 0 Å². The zero-order chi connectivity index (χ0) is 14.3. The minimum absolute atomic E-state index is 0.159. The molecule has 0 bridgehead atoms. The Bertz CT molecular complexity index is 377. The van der Waals surface area contributed by atoms with E-state index in [4.69, 9.17) is 16.3 Å². The van der Waals surface area contributed by atoms with Crippen molar-refractivity contribution in [3.05, 3.63) is 28.8 Å². The highest BCUT2D eigenvalue weighted by atomic mass is 35.5. The summed E-state index contributed by atoms with van der Waals surface area (Å²) in [7, 11) is 0. The van der Waals surface area contributed by atoms with Gasteiger partial charge in [-0.15, -0.1) is 0 Å². The van der Waals surface area contributed by atoms with Gasteiger partial charge in [0.25, 0.3) is 0 Å². The van der Waals surface area contributed by atoms with Crippen molar-refractivity contribution >= 4 is 11.6 Å². The first-order valence-corrected chi connectivity index (χ1v) is 7.66. The van der Waals surface area contributed by atoms with Crippen LogP contribution in [-0.4, -0.2) is 18.7 Å². The van der Waals surface area contributed by atoms with Crippen molar-refractivity contribution in [3.63, 3.8) is 0 Å². The SMILES string of the molecule is CCc1cc(OC(C)CNC(CC)CC)ccc1Cl. The average Bonchev–Trinajstić information content (AvgIpc) is 2.42. The molecule has 2 nitrogen and oxygen atoms in total. The number of hydrogen-bond acceptors (Lipinski definition) is 2. The van der Waals surface area contributed by atoms with Gasteiger partial charge in [-0.2, -0.15) is 0 Å². The van der Waals surface area contributed by atoms with Crippen LogP contribution in [0.2, 0.25) is 5.02 Å². The second-order valence-electron chi connectivity index (χ2n) is 4.96. The second-order valence-corrected chi connectivity index (χ2v) is 5.36. The van der Waals surface area contributed by atoms with Gasteiger partial charge in [-0.1, -0.05) is 32.4 Å². The third-order valence-electron chi connectivity index (χ3n) is 3.41. The van der Waals surface area contributed by atoms with Gasteiger partial charge in [-0.25, -0.2) is 0 Å². The first-order valence-electron chi connectivity index (χ1n) is 7.29. The Morgan fingerprint density at radius 3 is 2.47 bits per heavy atom. The minimum atomic E-state index is 0.159. The first-order chi connectivity index (χ1) is 9.10. The summed E-state index contributed by atoms with van der Waals surface area (Å²) >= 11 is 6.11. The van der Waals surface area contributed by atoms with Gasteiger partial charge in [0, 0.05) is 17.6 Å². The van der Waals surface area contributed by atoms with Crippen LogP contribution < -0.4 is 10.1 Å². The van der Waals surface area contributed by atoms with Crippen molar-refractivity contribution in [3.8, 4) is 5.75 Å². The number of benzene rings is 1.